The summed E-state index contributed by atoms with van der Waals surface area (Å²) in [5.41, 5.74) is 1.44. The Hall–Kier alpha value is -3.05. The van der Waals surface area contributed by atoms with Crippen molar-refractivity contribution in [3.05, 3.63) is 90.0 Å². The second-order valence-corrected chi connectivity index (χ2v) is 14.1. The lowest BCUT2D eigenvalue weighted by molar-refractivity contribution is -0.0193. The first-order valence-corrected chi connectivity index (χ1v) is 13.3. The maximum atomic E-state index is 11.9. The van der Waals surface area contributed by atoms with Crippen LogP contribution < -0.4 is 14.8 Å². The molecule has 0 bridgehead atoms. The van der Waals surface area contributed by atoms with Gasteiger partial charge in [0, 0.05) is 5.56 Å². The summed E-state index contributed by atoms with van der Waals surface area (Å²) in [6.45, 7) is 8.73. The molecule has 172 valence electrons. The van der Waals surface area contributed by atoms with Gasteiger partial charge in [-0.25, -0.2) is 4.79 Å². The molecule has 3 aromatic rings. The summed E-state index contributed by atoms with van der Waals surface area (Å²) in [5, 5.41) is 2.30. The minimum atomic E-state index is -2.74. The SMILES string of the molecule is COC(=O)OC1(C)CCc2ccc(O[Si](c3ccccc3)(c3ccccc3)C(C)(C)C)cc21. The lowest BCUT2D eigenvalue weighted by Gasteiger charge is -2.43. The summed E-state index contributed by atoms with van der Waals surface area (Å²) in [4.78, 5) is 11.9. The van der Waals surface area contributed by atoms with Crippen molar-refractivity contribution in [3.63, 3.8) is 0 Å². The molecule has 0 fully saturated rings. The Balaban J connectivity index is 1.85. The van der Waals surface area contributed by atoms with Crippen LogP contribution in [0.2, 0.25) is 5.04 Å². The molecule has 1 aliphatic carbocycles. The summed E-state index contributed by atoms with van der Waals surface area (Å²) in [6.07, 6.45) is 0.909. The zero-order chi connectivity index (χ0) is 23.7. The molecule has 0 N–H and O–H groups in total. The molecular weight excluding hydrogens is 428 g/mol. The van der Waals surface area contributed by atoms with Crippen LogP contribution in [0.15, 0.2) is 78.9 Å². The molecule has 0 spiro atoms. The number of carbonyl (C=O) groups is 1. The highest BCUT2D eigenvalue weighted by molar-refractivity contribution is 7.00. The van der Waals surface area contributed by atoms with Gasteiger partial charge < -0.3 is 13.9 Å². The molecule has 0 amide bonds. The highest BCUT2D eigenvalue weighted by atomic mass is 28.4. The Labute approximate surface area is 197 Å². The van der Waals surface area contributed by atoms with Crippen LogP contribution in [0.3, 0.4) is 0 Å². The summed E-state index contributed by atoms with van der Waals surface area (Å²) < 4.78 is 17.6. The predicted molar refractivity (Wildman–Crippen MR) is 134 cm³/mol. The van der Waals surface area contributed by atoms with Crippen molar-refractivity contribution in [1.29, 1.82) is 0 Å². The standard InChI is InChI=1S/C28H32O4Si/c1-27(2,3)33(23-12-8-6-9-13-23,24-14-10-7-11-15-24)32-22-17-16-21-18-19-28(4,25(21)20-22)31-26(29)30-5/h6-17,20H,18-19H2,1-5H3. The number of hydrogen-bond acceptors (Lipinski definition) is 4. The first-order chi connectivity index (χ1) is 15.7. The lowest BCUT2D eigenvalue weighted by atomic mass is 9.98. The maximum absolute atomic E-state index is 11.9. The molecule has 3 aromatic carbocycles. The number of methoxy groups -OCH3 is 1. The van der Waals surface area contributed by atoms with Crippen LogP contribution in [0.25, 0.3) is 0 Å². The molecule has 0 heterocycles. The van der Waals surface area contributed by atoms with E-state index in [0.717, 1.165) is 24.2 Å². The van der Waals surface area contributed by atoms with E-state index in [4.69, 9.17) is 13.9 Å². The van der Waals surface area contributed by atoms with Gasteiger partial charge in [0.2, 0.25) is 0 Å². The van der Waals surface area contributed by atoms with Gasteiger partial charge in [-0.05, 0) is 52.9 Å². The van der Waals surface area contributed by atoms with Gasteiger partial charge in [0.1, 0.15) is 11.4 Å². The molecule has 33 heavy (non-hydrogen) atoms. The maximum Gasteiger partial charge on any atom is 0.508 e. The van der Waals surface area contributed by atoms with Gasteiger partial charge in [-0.3, -0.25) is 0 Å². The molecule has 1 unspecified atom stereocenters. The minimum Gasteiger partial charge on any atom is -0.534 e. The van der Waals surface area contributed by atoms with Crippen molar-refractivity contribution in [1.82, 2.24) is 0 Å². The van der Waals surface area contributed by atoms with Crippen LogP contribution in [0.1, 0.15) is 45.2 Å². The van der Waals surface area contributed by atoms with Gasteiger partial charge >= 0.3 is 14.5 Å². The number of hydrogen-bond donors (Lipinski definition) is 0. The van der Waals surface area contributed by atoms with Gasteiger partial charge in [-0.1, -0.05) is 87.5 Å². The Bertz CT molecular complexity index is 1080. The zero-order valence-corrected chi connectivity index (χ0v) is 21.1. The average Bonchev–Trinajstić information content (AvgIpc) is 3.13. The van der Waals surface area contributed by atoms with Crippen molar-refractivity contribution >= 4 is 24.8 Å². The third kappa shape index (κ3) is 4.18. The van der Waals surface area contributed by atoms with Crippen LogP contribution in [-0.4, -0.2) is 21.6 Å². The van der Waals surface area contributed by atoms with Gasteiger partial charge in [-0.15, -0.1) is 0 Å². The number of fused-ring (bicyclic) bond motifs is 1. The van der Waals surface area contributed by atoms with Gasteiger partial charge in [0.25, 0.3) is 0 Å². The normalized spacial score (nSPS) is 17.8. The van der Waals surface area contributed by atoms with Crippen LogP contribution in [0.5, 0.6) is 5.75 Å². The fraction of sp³-hybridized carbons (Fsp3) is 0.321. The van der Waals surface area contributed by atoms with E-state index in [0.29, 0.717) is 0 Å². The van der Waals surface area contributed by atoms with Gasteiger partial charge in [-0.2, -0.15) is 0 Å². The Morgan fingerprint density at radius 1 is 0.909 bits per heavy atom. The van der Waals surface area contributed by atoms with Crippen LogP contribution in [0, 0.1) is 0 Å². The Morgan fingerprint density at radius 3 is 2.00 bits per heavy atom. The van der Waals surface area contributed by atoms with Gasteiger partial charge in [0.05, 0.1) is 7.11 Å². The monoisotopic (exact) mass is 460 g/mol. The quantitative estimate of drug-likeness (QED) is 0.369. The molecule has 5 heteroatoms. The molecule has 1 aliphatic rings. The Kier molecular flexibility index (Phi) is 6.10. The number of benzene rings is 3. The number of carbonyl (C=O) groups excluding carboxylic acids is 1. The first-order valence-electron chi connectivity index (χ1n) is 11.4. The van der Waals surface area contributed by atoms with Crippen LogP contribution in [0.4, 0.5) is 4.79 Å². The van der Waals surface area contributed by atoms with Crippen LogP contribution >= 0.6 is 0 Å². The molecular formula is C28H32O4Si. The third-order valence-electron chi connectivity index (χ3n) is 6.69. The lowest BCUT2D eigenvalue weighted by Crippen LogP contribution is -2.68. The fourth-order valence-electron chi connectivity index (χ4n) is 4.99. The first kappa shape index (κ1) is 23.1. The van der Waals surface area contributed by atoms with E-state index in [1.807, 2.05) is 19.1 Å². The zero-order valence-electron chi connectivity index (χ0n) is 20.1. The molecule has 4 rings (SSSR count). The average molecular weight is 461 g/mol. The van der Waals surface area contributed by atoms with Crippen molar-refractivity contribution in [2.45, 2.75) is 51.2 Å². The fourth-order valence-corrected chi connectivity index (χ4v) is 9.41. The van der Waals surface area contributed by atoms with E-state index < -0.39 is 20.1 Å². The second-order valence-electron chi connectivity index (χ2n) is 9.87. The van der Waals surface area contributed by atoms with Crippen molar-refractivity contribution in [3.8, 4) is 5.75 Å². The van der Waals surface area contributed by atoms with Crippen molar-refractivity contribution < 1.29 is 18.7 Å². The highest BCUT2D eigenvalue weighted by Gasteiger charge is 2.52. The summed E-state index contributed by atoms with van der Waals surface area (Å²) in [5.74, 6) is 0.796. The molecule has 0 aromatic heterocycles. The number of ether oxygens (including phenoxy) is 2. The predicted octanol–water partition coefficient (Wildman–Crippen LogP) is 5.57. The summed E-state index contributed by atoms with van der Waals surface area (Å²) in [6, 6.07) is 27.4. The number of rotatable bonds is 5. The van der Waals surface area contributed by atoms with E-state index in [-0.39, 0.29) is 5.04 Å². The van der Waals surface area contributed by atoms with Gasteiger partial charge in [0.15, 0.2) is 0 Å². The van der Waals surface area contributed by atoms with E-state index in [1.54, 1.807) is 0 Å². The third-order valence-corrected chi connectivity index (χ3v) is 11.6. The van der Waals surface area contributed by atoms with E-state index in [9.17, 15) is 4.79 Å². The topological polar surface area (TPSA) is 44.8 Å². The minimum absolute atomic E-state index is 0.138. The molecule has 0 saturated heterocycles. The molecule has 4 nitrogen and oxygen atoms in total. The number of aryl methyl sites for hydroxylation is 1. The molecule has 0 saturated carbocycles. The molecule has 1 atom stereocenters. The van der Waals surface area contributed by atoms with E-state index in [1.165, 1.54) is 23.0 Å². The summed E-state index contributed by atoms with van der Waals surface area (Å²) in [7, 11) is -1.40. The highest BCUT2D eigenvalue weighted by Crippen LogP contribution is 2.43. The second kappa shape index (κ2) is 8.71. The van der Waals surface area contributed by atoms with Crippen molar-refractivity contribution in [2.75, 3.05) is 7.11 Å². The smallest absolute Gasteiger partial charge is 0.508 e. The summed E-state index contributed by atoms with van der Waals surface area (Å²) >= 11 is 0. The molecule has 0 radical (unpaired) electrons. The van der Waals surface area contributed by atoms with Crippen molar-refractivity contribution in [2.24, 2.45) is 0 Å². The Morgan fingerprint density at radius 2 is 1.48 bits per heavy atom. The van der Waals surface area contributed by atoms with Crippen LogP contribution in [-0.2, 0) is 21.5 Å². The van der Waals surface area contributed by atoms with E-state index >= 15 is 0 Å². The van der Waals surface area contributed by atoms with E-state index in [2.05, 4.69) is 87.5 Å². The molecule has 0 aliphatic heterocycles. The largest absolute Gasteiger partial charge is 0.534 e.